The smallest absolute Gasteiger partial charge is 0.262 e. The van der Waals surface area contributed by atoms with E-state index >= 15 is 0 Å². The molecule has 0 aliphatic rings. The van der Waals surface area contributed by atoms with E-state index in [-0.39, 0.29) is 12.5 Å². The highest BCUT2D eigenvalue weighted by atomic mass is 32.2. The molecule has 1 N–H and O–H groups in total. The quantitative estimate of drug-likeness (QED) is 0.693. The molecule has 1 amide bonds. The Bertz CT molecular complexity index is 806. The molecule has 7 nitrogen and oxygen atoms in total. The van der Waals surface area contributed by atoms with Gasteiger partial charge in [0.1, 0.15) is 12.1 Å². The van der Waals surface area contributed by atoms with Crippen LogP contribution < -0.4 is 10.1 Å². The molecule has 8 heteroatoms. The van der Waals surface area contributed by atoms with Gasteiger partial charge in [-0.25, -0.2) is 4.68 Å². The SMILES string of the molecule is CSc1cccc(NC(=O)COc2ccc(-n3cnnn3)cc2)c1. The van der Waals surface area contributed by atoms with Gasteiger partial charge in [-0.05, 0) is 59.1 Å². The predicted molar refractivity (Wildman–Crippen MR) is 91.5 cm³/mol. The molecule has 0 radical (unpaired) electrons. The number of benzene rings is 2. The zero-order valence-electron chi connectivity index (χ0n) is 12.9. The van der Waals surface area contributed by atoms with Crippen molar-refractivity contribution in [3.05, 3.63) is 54.9 Å². The van der Waals surface area contributed by atoms with Crippen LogP contribution in [0.4, 0.5) is 5.69 Å². The van der Waals surface area contributed by atoms with Crippen LogP contribution in [0.2, 0.25) is 0 Å². The fraction of sp³-hybridized carbons (Fsp3) is 0.125. The number of tetrazole rings is 1. The van der Waals surface area contributed by atoms with Gasteiger partial charge >= 0.3 is 0 Å². The lowest BCUT2D eigenvalue weighted by molar-refractivity contribution is -0.118. The first-order valence-electron chi connectivity index (χ1n) is 7.15. The fourth-order valence-corrected chi connectivity index (χ4v) is 2.48. The van der Waals surface area contributed by atoms with Crippen LogP contribution in [0.15, 0.2) is 59.8 Å². The highest BCUT2D eigenvalue weighted by molar-refractivity contribution is 7.98. The van der Waals surface area contributed by atoms with Gasteiger partial charge in [-0.15, -0.1) is 16.9 Å². The van der Waals surface area contributed by atoms with E-state index in [4.69, 9.17) is 4.74 Å². The Balaban J connectivity index is 1.54. The monoisotopic (exact) mass is 341 g/mol. The zero-order valence-corrected chi connectivity index (χ0v) is 13.7. The second kappa shape index (κ2) is 7.60. The van der Waals surface area contributed by atoms with Crippen LogP contribution in [0.3, 0.4) is 0 Å². The summed E-state index contributed by atoms with van der Waals surface area (Å²) >= 11 is 1.62. The van der Waals surface area contributed by atoms with E-state index in [9.17, 15) is 4.79 Å². The molecule has 0 aliphatic heterocycles. The normalized spacial score (nSPS) is 10.4. The van der Waals surface area contributed by atoms with Gasteiger partial charge in [0.05, 0.1) is 5.69 Å². The van der Waals surface area contributed by atoms with Crippen LogP contribution in [0.5, 0.6) is 5.75 Å². The number of nitrogens with zero attached hydrogens (tertiary/aromatic N) is 4. The topological polar surface area (TPSA) is 81.9 Å². The lowest BCUT2D eigenvalue weighted by atomic mass is 10.3. The Hall–Kier alpha value is -2.87. The second-order valence-electron chi connectivity index (χ2n) is 4.82. The molecule has 3 rings (SSSR count). The van der Waals surface area contributed by atoms with Crippen molar-refractivity contribution >= 4 is 23.4 Å². The number of aromatic nitrogens is 4. The van der Waals surface area contributed by atoms with Crippen LogP contribution in [0.1, 0.15) is 0 Å². The van der Waals surface area contributed by atoms with Crippen molar-refractivity contribution in [1.82, 2.24) is 20.2 Å². The molecule has 0 unspecified atom stereocenters. The first-order chi connectivity index (χ1) is 11.7. The average Bonchev–Trinajstić information content (AvgIpc) is 3.15. The highest BCUT2D eigenvalue weighted by Crippen LogP contribution is 2.19. The van der Waals surface area contributed by atoms with Gasteiger partial charge in [0.25, 0.3) is 5.91 Å². The third-order valence-electron chi connectivity index (χ3n) is 3.17. The van der Waals surface area contributed by atoms with Crippen molar-refractivity contribution < 1.29 is 9.53 Å². The van der Waals surface area contributed by atoms with Crippen LogP contribution in [-0.2, 0) is 4.79 Å². The van der Waals surface area contributed by atoms with Gasteiger partial charge < -0.3 is 10.1 Å². The minimum absolute atomic E-state index is 0.0618. The minimum Gasteiger partial charge on any atom is -0.484 e. The van der Waals surface area contributed by atoms with E-state index in [2.05, 4.69) is 20.8 Å². The number of nitrogens with one attached hydrogen (secondary N) is 1. The number of thioether (sulfide) groups is 1. The van der Waals surface area contributed by atoms with Crippen molar-refractivity contribution in [3.63, 3.8) is 0 Å². The summed E-state index contributed by atoms with van der Waals surface area (Å²) in [5.41, 5.74) is 1.56. The first-order valence-corrected chi connectivity index (χ1v) is 8.37. The molecule has 1 heterocycles. The first kappa shape index (κ1) is 16.0. The molecule has 0 saturated heterocycles. The summed E-state index contributed by atoms with van der Waals surface area (Å²) in [4.78, 5) is 13.1. The maximum absolute atomic E-state index is 12.0. The third-order valence-corrected chi connectivity index (χ3v) is 3.90. The van der Waals surface area contributed by atoms with Crippen molar-refractivity contribution in [2.45, 2.75) is 4.90 Å². The molecule has 24 heavy (non-hydrogen) atoms. The van der Waals surface area contributed by atoms with Crippen LogP contribution in [0.25, 0.3) is 5.69 Å². The largest absolute Gasteiger partial charge is 0.484 e. The van der Waals surface area contributed by atoms with Crippen molar-refractivity contribution in [1.29, 1.82) is 0 Å². The molecule has 0 fully saturated rings. The highest BCUT2D eigenvalue weighted by Gasteiger charge is 2.05. The average molecular weight is 341 g/mol. The maximum atomic E-state index is 12.0. The molecule has 122 valence electrons. The Morgan fingerprint density at radius 2 is 2.08 bits per heavy atom. The van der Waals surface area contributed by atoms with Gasteiger partial charge in [0.2, 0.25) is 0 Å². The summed E-state index contributed by atoms with van der Waals surface area (Å²) in [6.07, 6.45) is 3.50. The summed E-state index contributed by atoms with van der Waals surface area (Å²) in [6.45, 7) is -0.0618. The van der Waals surface area contributed by atoms with E-state index in [0.29, 0.717) is 5.75 Å². The maximum Gasteiger partial charge on any atom is 0.262 e. The number of anilines is 1. The number of ether oxygens (including phenoxy) is 1. The summed E-state index contributed by atoms with van der Waals surface area (Å²) in [7, 11) is 0. The minimum atomic E-state index is -0.210. The fourth-order valence-electron chi connectivity index (χ4n) is 2.02. The molecule has 3 aromatic rings. The van der Waals surface area contributed by atoms with E-state index in [1.54, 1.807) is 23.9 Å². The number of hydrogen-bond donors (Lipinski definition) is 1. The summed E-state index contributed by atoms with van der Waals surface area (Å²) < 4.78 is 7.03. The van der Waals surface area contributed by atoms with Crippen molar-refractivity contribution in [3.8, 4) is 11.4 Å². The summed E-state index contributed by atoms with van der Waals surface area (Å²) in [5.74, 6) is 0.387. The lowest BCUT2D eigenvalue weighted by Crippen LogP contribution is -2.20. The third kappa shape index (κ3) is 4.11. The standard InChI is InChI=1S/C16H15N5O2S/c1-24-15-4-2-3-12(9-15)18-16(22)10-23-14-7-5-13(6-8-14)21-11-17-19-20-21/h2-9,11H,10H2,1H3,(H,18,22). The molecule has 1 aromatic heterocycles. The second-order valence-corrected chi connectivity index (χ2v) is 5.70. The number of carbonyl (C=O) groups excluding carboxylic acids is 1. The molecular formula is C16H15N5O2S. The van der Waals surface area contributed by atoms with E-state index < -0.39 is 0 Å². The number of carbonyl (C=O) groups is 1. The number of rotatable bonds is 6. The van der Waals surface area contributed by atoms with Gasteiger partial charge in [-0.3, -0.25) is 4.79 Å². The summed E-state index contributed by atoms with van der Waals surface area (Å²) in [6, 6.07) is 14.8. The molecule has 0 spiro atoms. The molecule has 0 aliphatic carbocycles. The zero-order chi connectivity index (χ0) is 16.8. The van der Waals surface area contributed by atoms with Gasteiger partial charge in [0, 0.05) is 10.6 Å². The lowest BCUT2D eigenvalue weighted by Gasteiger charge is -2.09. The van der Waals surface area contributed by atoms with Crippen LogP contribution >= 0.6 is 11.8 Å². The van der Waals surface area contributed by atoms with Gasteiger partial charge in [-0.2, -0.15) is 0 Å². The van der Waals surface area contributed by atoms with E-state index in [1.165, 1.54) is 11.0 Å². The molecule has 2 aromatic carbocycles. The van der Waals surface area contributed by atoms with Crippen LogP contribution in [-0.4, -0.2) is 39.0 Å². The molecule has 0 bridgehead atoms. The van der Waals surface area contributed by atoms with Crippen molar-refractivity contribution in [2.24, 2.45) is 0 Å². The summed E-state index contributed by atoms with van der Waals surface area (Å²) in [5, 5.41) is 13.8. The Labute approximate surface area is 143 Å². The molecule has 0 saturated carbocycles. The predicted octanol–water partition coefficient (Wildman–Crippen LogP) is 2.40. The Kier molecular flexibility index (Phi) is 5.07. The van der Waals surface area contributed by atoms with Gasteiger partial charge in [0.15, 0.2) is 6.61 Å². The van der Waals surface area contributed by atoms with Crippen molar-refractivity contribution in [2.75, 3.05) is 18.2 Å². The van der Waals surface area contributed by atoms with Gasteiger partial charge in [-0.1, -0.05) is 6.07 Å². The number of amides is 1. The Morgan fingerprint density at radius 3 is 2.79 bits per heavy atom. The van der Waals surface area contributed by atoms with E-state index in [0.717, 1.165) is 16.3 Å². The van der Waals surface area contributed by atoms with Crippen LogP contribution in [0, 0.1) is 0 Å². The van der Waals surface area contributed by atoms with E-state index in [1.807, 2.05) is 42.7 Å². The number of hydrogen-bond acceptors (Lipinski definition) is 6. The Morgan fingerprint density at radius 1 is 1.25 bits per heavy atom. The molecule has 0 atom stereocenters. The molecular weight excluding hydrogens is 326 g/mol.